The Kier molecular flexibility index (Phi) is 13.1. The lowest BCUT2D eigenvalue weighted by Crippen LogP contribution is -2.37. The molecule has 0 heterocycles. The van der Waals surface area contributed by atoms with Crippen LogP contribution in [0.5, 0.6) is 0 Å². The third kappa shape index (κ3) is 15.8. The molecule has 0 bridgehead atoms. The molecule has 2 unspecified atom stereocenters. The molecular formula is C16H35NO6PS+. The zero-order valence-electron chi connectivity index (χ0n) is 16.2. The summed E-state index contributed by atoms with van der Waals surface area (Å²) in [6.07, 6.45) is 3.56. The molecular weight excluding hydrogens is 365 g/mol. The van der Waals surface area contributed by atoms with Gasteiger partial charge in [-0.2, -0.15) is 11.8 Å². The summed E-state index contributed by atoms with van der Waals surface area (Å²) in [5, 5.41) is 0. The summed E-state index contributed by atoms with van der Waals surface area (Å²) >= 11 is 1.75. The fraction of sp³-hybridized carbons (Fsp3) is 0.938. The minimum atomic E-state index is -4.10. The van der Waals surface area contributed by atoms with E-state index in [2.05, 4.69) is 6.92 Å². The van der Waals surface area contributed by atoms with E-state index in [4.69, 9.17) is 13.8 Å². The Balaban J connectivity index is 3.80. The SMILES string of the molecule is CCCCCSCC(C)C(=O)OCCOP(=O)(O)OCC[N+](C)(C)C. The van der Waals surface area contributed by atoms with E-state index in [-0.39, 0.29) is 31.7 Å². The zero-order valence-corrected chi connectivity index (χ0v) is 17.9. The van der Waals surface area contributed by atoms with E-state index in [0.29, 0.717) is 11.0 Å². The van der Waals surface area contributed by atoms with Gasteiger partial charge in [-0.3, -0.25) is 13.8 Å². The molecule has 0 aromatic carbocycles. The van der Waals surface area contributed by atoms with Crippen LogP contribution < -0.4 is 0 Å². The van der Waals surface area contributed by atoms with E-state index in [9.17, 15) is 14.3 Å². The van der Waals surface area contributed by atoms with Crippen molar-refractivity contribution in [3.05, 3.63) is 0 Å². The first-order valence-corrected chi connectivity index (χ1v) is 11.4. The third-order valence-corrected chi connectivity index (χ3v) is 5.59. The molecule has 0 rings (SSSR count). The van der Waals surface area contributed by atoms with Gasteiger partial charge < -0.3 is 14.1 Å². The number of unbranched alkanes of at least 4 members (excludes halogenated alkanes) is 2. The Morgan fingerprint density at radius 1 is 1.16 bits per heavy atom. The zero-order chi connectivity index (χ0) is 19.3. The van der Waals surface area contributed by atoms with E-state index in [1.54, 1.807) is 11.8 Å². The summed E-state index contributed by atoms with van der Waals surface area (Å²) in [6.45, 7) is 4.44. The van der Waals surface area contributed by atoms with E-state index in [0.717, 1.165) is 17.9 Å². The number of hydrogen-bond donors (Lipinski definition) is 1. The van der Waals surface area contributed by atoms with Crippen molar-refractivity contribution in [1.29, 1.82) is 0 Å². The third-order valence-electron chi connectivity index (χ3n) is 3.26. The molecule has 25 heavy (non-hydrogen) atoms. The van der Waals surface area contributed by atoms with Gasteiger partial charge in [0.05, 0.1) is 33.7 Å². The fourth-order valence-electron chi connectivity index (χ4n) is 1.69. The number of esters is 1. The molecule has 2 atom stereocenters. The molecule has 0 amide bonds. The standard InChI is InChI=1S/C16H34NO6PS/c1-6-7-8-13-25-14-15(2)16(18)21-11-12-23-24(19,20)22-10-9-17(3,4)5/h15H,6-14H2,1-5H3/p+1. The number of phosphoric ester groups is 1. The minimum Gasteiger partial charge on any atom is -0.463 e. The Morgan fingerprint density at radius 3 is 2.40 bits per heavy atom. The Morgan fingerprint density at radius 2 is 1.80 bits per heavy atom. The van der Waals surface area contributed by atoms with E-state index < -0.39 is 7.82 Å². The maximum absolute atomic E-state index is 11.8. The number of quaternary nitrogens is 1. The largest absolute Gasteiger partial charge is 0.472 e. The molecule has 0 spiro atoms. The van der Waals surface area contributed by atoms with Crippen LogP contribution in [0.3, 0.4) is 0 Å². The summed E-state index contributed by atoms with van der Waals surface area (Å²) in [6, 6.07) is 0. The second-order valence-corrected chi connectivity index (χ2v) is 9.60. The summed E-state index contributed by atoms with van der Waals surface area (Å²) in [4.78, 5) is 21.3. The summed E-state index contributed by atoms with van der Waals surface area (Å²) in [5.41, 5.74) is 0. The molecule has 1 N–H and O–H groups in total. The van der Waals surface area contributed by atoms with Crippen molar-refractivity contribution in [2.24, 2.45) is 5.92 Å². The first kappa shape index (κ1) is 24.9. The normalized spacial score (nSPS) is 15.6. The van der Waals surface area contributed by atoms with Gasteiger partial charge in [0.2, 0.25) is 0 Å². The van der Waals surface area contributed by atoms with Gasteiger partial charge in [0.15, 0.2) is 0 Å². The van der Waals surface area contributed by atoms with Crippen molar-refractivity contribution in [3.63, 3.8) is 0 Å². The molecule has 7 nitrogen and oxygen atoms in total. The van der Waals surface area contributed by atoms with Crippen LogP contribution in [-0.2, 0) is 23.1 Å². The van der Waals surface area contributed by atoms with Crippen LogP contribution in [0.1, 0.15) is 33.1 Å². The van der Waals surface area contributed by atoms with Crippen LogP contribution >= 0.6 is 19.6 Å². The smallest absolute Gasteiger partial charge is 0.463 e. The number of carbonyl (C=O) groups excluding carboxylic acids is 1. The lowest BCUT2D eigenvalue weighted by molar-refractivity contribution is -0.870. The molecule has 0 aliphatic carbocycles. The van der Waals surface area contributed by atoms with Gasteiger partial charge in [0.1, 0.15) is 19.8 Å². The van der Waals surface area contributed by atoms with Crippen LogP contribution in [0.15, 0.2) is 0 Å². The minimum absolute atomic E-state index is 0.0626. The number of rotatable bonds is 15. The van der Waals surface area contributed by atoms with Crippen molar-refractivity contribution in [3.8, 4) is 0 Å². The molecule has 0 aromatic rings. The highest BCUT2D eigenvalue weighted by atomic mass is 32.2. The number of carbonyl (C=O) groups is 1. The van der Waals surface area contributed by atoms with Gasteiger partial charge >= 0.3 is 13.8 Å². The number of ether oxygens (including phenoxy) is 1. The summed E-state index contributed by atoms with van der Waals surface area (Å²) in [7, 11) is 1.76. The van der Waals surface area contributed by atoms with Crippen LogP contribution in [0.4, 0.5) is 0 Å². The van der Waals surface area contributed by atoms with Crippen LogP contribution in [-0.4, -0.2) is 74.4 Å². The van der Waals surface area contributed by atoms with Gasteiger partial charge in [-0.25, -0.2) is 4.57 Å². The van der Waals surface area contributed by atoms with Crippen molar-refractivity contribution in [2.75, 3.05) is 59.0 Å². The van der Waals surface area contributed by atoms with E-state index in [1.807, 2.05) is 28.1 Å². The van der Waals surface area contributed by atoms with E-state index >= 15 is 0 Å². The molecule has 0 fully saturated rings. The highest BCUT2D eigenvalue weighted by molar-refractivity contribution is 7.99. The first-order valence-electron chi connectivity index (χ1n) is 8.74. The first-order chi connectivity index (χ1) is 11.6. The number of hydrogen-bond acceptors (Lipinski definition) is 6. The van der Waals surface area contributed by atoms with Gasteiger partial charge in [-0.05, 0) is 12.2 Å². The van der Waals surface area contributed by atoms with Crippen LogP contribution in [0, 0.1) is 5.92 Å². The molecule has 150 valence electrons. The predicted octanol–water partition coefficient (Wildman–Crippen LogP) is 2.93. The molecule has 0 aromatic heterocycles. The second kappa shape index (κ2) is 13.1. The molecule has 0 aliphatic rings. The average molecular weight is 400 g/mol. The van der Waals surface area contributed by atoms with Crippen molar-refractivity contribution in [2.45, 2.75) is 33.1 Å². The van der Waals surface area contributed by atoms with Crippen molar-refractivity contribution < 1.29 is 32.5 Å². The summed E-state index contributed by atoms with van der Waals surface area (Å²) in [5.74, 6) is 1.25. The number of thioether (sulfide) groups is 1. The van der Waals surface area contributed by atoms with Crippen molar-refractivity contribution in [1.82, 2.24) is 0 Å². The molecule has 0 radical (unpaired) electrons. The molecule has 0 aliphatic heterocycles. The molecule has 0 saturated heterocycles. The monoisotopic (exact) mass is 400 g/mol. The average Bonchev–Trinajstić information content (AvgIpc) is 2.49. The number of nitrogens with zero attached hydrogens (tertiary/aromatic N) is 1. The Labute approximate surface area is 156 Å². The van der Waals surface area contributed by atoms with Gasteiger partial charge in [0.25, 0.3) is 0 Å². The van der Waals surface area contributed by atoms with E-state index in [1.165, 1.54) is 12.8 Å². The summed E-state index contributed by atoms with van der Waals surface area (Å²) < 4.78 is 27.0. The lowest BCUT2D eigenvalue weighted by atomic mass is 10.2. The predicted molar refractivity (Wildman–Crippen MR) is 102 cm³/mol. The van der Waals surface area contributed by atoms with Crippen LogP contribution in [0.2, 0.25) is 0 Å². The number of phosphoric acid groups is 1. The maximum Gasteiger partial charge on any atom is 0.472 e. The van der Waals surface area contributed by atoms with Gasteiger partial charge in [-0.15, -0.1) is 0 Å². The van der Waals surface area contributed by atoms with Crippen LogP contribution in [0.25, 0.3) is 0 Å². The molecule has 9 heteroatoms. The lowest BCUT2D eigenvalue weighted by Gasteiger charge is -2.24. The Bertz CT molecular complexity index is 416. The highest BCUT2D eigenvalue weighted by Crippen LogP contribution is 2.42. The molecule has 0 saturated carbocycles. The quantitative estimate of drug-likeness (QED) is 0.196. The number of likely N-dealkylation sites (N-methyl/N-ethyl adjacent to an activating group) is 1. The topological polar surface area (TPSA) is 82.1 Å². The fourth-order valence-corrected chi connectivity index (χ4v) is 3.44. The second-order valence-electron chi connectivity index (χ2n) is 7.00. The van der Waals surface area contributed by atoms with Gasteiger partial charge in [-0.1, -0.05) is 26.7 Å². The maximum atomic E-state index is 11.8. The highest BCUT2D eigenvalue weighted by Gasteiger charge is 2.23. The Hall–Kier alpha value is -0.110. The van der Waals surface area contributed by atoms with Gasteiger partial charge in [0, 0.05) is 5.75 Å². The van der Waals surface area contributed by atoms with Crippen molar-refractivity contribution >= 4 is 25.6 Å².